The van der Waals surface area contributed by atoms with Crippen LogP contribution >= 0.6 is 11.8 Å². The average molecular weight is 282 g/mol. The van der Waals surface area contributed by atoms with Crippen molar-refractivity contribution in [1.82, 2.24) is 10.2 Å². The van der Waals surface area contributed by atoms with Gasteiger partial charge < -0.3 is 15.0 Å². The number of ether oxygens (including phenoxy) is 1. The van der Waals surface area contributed by atoms with Crippen LogP contribution in [0.1, 0.15) is 12.5 Å². The first kappa shape index (κ1) is 16.3. The maximum atomic E-state index is 5.75. The smallest absolute Gasteiger partial charge is 0.119 e. The van der Waals surface area contributed by atoms with Crippen molar-refractivity contribution >= 4 is 11.8 Å². The Morgan fingerprint density at radius 1 is 1.21 bits per heavy atom. The third-order valence-electron chi connectivity index (χ3n) is 2.92. The predicted molar refractivity (Wildman–Crippen MR) is 85.2 cm³/mol. The summed E-state index contributed by atoms with van der Waals surface area (Å²) in [6.07, 6.45) is 2.14. The van der Waals surface area contributed by atoms with Gasteiger partial charge in [-0.05, 0) is 37.5 Å². The number of hydrogen-bond donors (Lipinski definition) is 1. The van der Waals surface area contributed by atoms with Gasteiger partial charge in [0.25, 0.3) is 0 Å². The van der Waals surface area contributed by atoms with Crippen LogP contribution in [0.15, 0.2) is 24.3 Å². The van der Waals surface area contributed by atoms with E-state index in [-0.39, 0.29) is 0 Å². The number of nitrogens with one attached hydrogen (secondary N) is 1. The molecule has 4 heteroatoms. The van der Waals surface area contributed by atoms with Crippen LogP contribution in [0.4, 0.5) is 0 Å². The second-order valence-corrected chi connectivity index (χ2v) is 5.55. The highest BCUT2D eigenvalue weighted by Crippen LogP contribution is 2.12. The zero-order valence-electron chi connectivity index (χ0n) is 12.3. The van der Waals surface area contributed by atoms with Crippen LogP contribution in [0.3, 0.4) is 0 Å². The molecule has 0 aliphatic rings. The van der Waals surface area contributed by atoms with E-state index in [9.17, 15) is 0 Å². The molecule has 19 heavy (non-hydrogen) atoms. The number of hydrogen-bond acceptors (Lipinski definition) is 4. The summed E-state index contributed by atoms with van der Waals surface area (Å²) in [5.41, 5.74) is 1.30. The molecule has 0 fully saturated rings. The standard InChI is InChI=1S/C15H26N2OS/c1-4-16-13-14-5-7-15(8-6-14)18-11-9-17(2)10-12-19-3/h5-8,16H,4,9-13H2,1-3H3. The van der Waals surface area contributed by atoms with E-state index in [1.54, 1.807) is 0 Å². The van der Waals surface area contributed by atoms with E-state index >= 15 is 0 Å². The van der Waals surface area contributed by atoms with E-state index in [2.05, 4.69) is 54.7 Å². The molecule has 0 bridgehead atoms. The summed E-state index contributed by atoms with van der Waals surface area (Å²) < 4.78 is 5.75. The fourth-order valence-corrected chi connectivity index (χ4v) is 2.15. The molecule has 0 atom stereocenters. The minimum absolute atomic E-state index is 0.747. The molecule has 0 spiro atoms. The van der Waals surface area contributed by atoms with Crippen molar-refractivity contribution in [1.29, 1.82) is 0 Å². The lowest BCUT2D eigenvalue weighted by Gasteiger charge is -2.16. The van der Waals surface area contributed by atoms with Crippen LogP contribution in [0.25, 0.3) is 0 Å². The molecule has 3 nitrogen and oxygen atoms in total. The van der Waals surface area contributed by atoms with Gasteiger partial charge in [0.15, 0.2) is 0 Å². The zero-order chi connectivity index (χ0) is 13.9. The van der Waals surface area contributed by atoms with Crippen LogP contribution in [0, 0.1) is 0 Å². The molecular formula is C15H26N2OS. The minimum atomic E-state index is 0.747. The summed E-state index contributed by atoms with van der Waals surface area (Å²) in [4.78, 5) is 2.30. The van der Waals surface area contributed by atoms with Crippen molar-refractivity contribution in [2.45, 2.75) is 13.5 Å². The van der Waals surface area contributed by atoms with Gasteiger partial charge >= 0.3 is 0 Å². The SMILES string of the molecule is CCNCc1ccc(OCCN(C)CCSC)cc1. The van der Waals surface area contributed by atoms with Crippen LogP contribution < -0.4 is 10.1 Å². The lowest BCUT2D eigenvalue weighted by atomic mass is 10.2. The van der Waals surface area contributed by atoms with E-state index in [4.69, 9.17) is 4.74 Å². The van der Waals surface area contributed by atoms with Gasteiger partial charge in [0.1, 0.15) is 12.4 Å². The zero-order valence-corrected chi connectivity index (χ0v) is 13.1. The fourth-order valence-electron chi connectivity index (χ4n) is 1.65. The van der Waals surface area contributed by atoms with Crippen LogP contribution in [0.5, 0.6) is 5.75 Å². The summed E-state index contributed by atoms with van der Waals surface area (Å²) in [6.45, 7) is 6.88. The van der Waals surface area contributed by atoms with Crippen molar-refractivity contribution in [3.63, 3.8) is 0 Å². The Bertz CT molecular complexity index is 329. The number of rotatable bonds is 10. The van der Waals surface area contributed by atoms with E-state index in [1.165, 1.54) is 11.3 Å². The monoisotopic (exact) mass is 282 g/mol. The molecule has 1 N–H and O–H groups in total. The Hall–Kier alpha value is -0.710. The molecule has 0 radical (unpaired) electrons. The Labute approximate surface area is 121 Å². The average Bonchev–Trinajstić information content (AvgIpc) is 2.44. The summed E-state index contributed by atoms with van der Waals surface area (Å²) in [5, 5.41) is 3.31. The molecular weight excluding hydrogens is 256 g/mol. The molecule has 0 aliphatic carbocycles. The first-order chi connectivity index (χ1) is 9.26. The van der Waals surface area contributed by atoms with Crippen molar-refractivity contribution < 1.29 is 4.74 Å². The van der Waals surface area contributed by atoms with Gasteiger partial charge in [-0.15, -0.1) is 0 Å². The Morgan fingerprint density at radius 2 is 1.95 bits per heavy atom. The molecule has 0 saturated carbocycles. The predicted octanol–water partition coefficient (Wildman–Crippen LogP) is 2.47. The van der Waals surface area contributed by atoms with Crippen LogP contribution in [0.2, 0.25) is 0 Å². The van der Waals surface area contributed by atoms with E-state index in [0.717, 1.165) is 38.5 Å². The van der Waals surface area contributed by atoms with Crippen molar-refractivity contribution in [2.24, 2.45) is 0 Å². The largest absolute Gasteiger partial charge is 0.492 e. The van der Waals surface area contributed by atoms with Gasteiger partial charge in [-0.3, -0.25) is 0 Å². The number of thioether (sulfide) groups is 1. The lowest BCUT2D eigenvalue weighted by Crippen LogP contribution is -2.26. The molecule has 0 heterocycles. The summed E-state index contributed by atoms with van der Waals surface area (Å²) >= 11 is 1.88. The summed E-state index contributed by atoms with van der Waals surface area (Å²) in [6, 6.07) is 8.34. The third kappa shape index (κ3) is 7.45. The fraction of sp³-hybridized carbons (Fsp3) is 0.600. The van der Waals surface area contributed by atoms with Crippen LogP contribution in [-0.4, -0.2) is 50.2 Å². The van der Waals surface area contributed by atoms with Gasteiger partial charge in [0.05, 0.1) is 0 Å². The molecule has 0 saturated heterocycles. The van der Waals surface area contributed by atoms with Gasteiger partial charge in [0.2, 0.25) is 0 Å². The highest BCUT2D eigenvalue weighted by atomic mass is 32.2. The summed E-state index contributed by atoms with van der Waals surface area (Å²) in [5.74, 6) is 2.13. The van der Waals surface area contributed by atoms with Gasteiger partial charge in [-0.1, -0.05) is 19.1 Å². The Balaban J connectivity index is 2.22. The molecule has 108 valence electrons. The third-order valence-corrected chi connectivity index (χ3v) is 3.51. The molecule has 0 amide bonds. The second kappa shape index (κ2) is 10.1. The summed E-state index contributed by atoms with van der Waals surface area (Å²) in [7, 11) is 2.14. The number of benzene rings is 1. The minimum Gasteiger partial charge on any atom is -0.492 e. The second-order valence-electron chi connectivity index (χ2n) is 4.57. The quantitative estimate of drug-likeness (QED) is 0.712. The lowest BCUT2D eigenvalue weighted by molar-refractivity contribution is 0.245. The molecule has 0 aliphatic heterocycles. The van der Waals surface area contributed by atoms with Gasteiger partial charge in [-0.2, -0.15) is 11.8 Å². The highest BCUT2D eigenvalue weighted by molar-refractivity contribution is 7.98. The van der Waals surface area contributed by atoms with Crippen molar-refractivity contribution in [3.05, 3.63) is 29.8 Å². The molecule has 0 unspecified atom stereocenters. The number of likely N-dealkylation sites (N-methyl/N-ethyl adjacent to an activating group) is 1. The Morgan fingerprint density at radius 3 is 2.58 bits per heavy atom. The maximum absolute atomic E-state index is 5.75. The molecule has 1 aromatic carbocycles. The molecule has 0 aromatic heterocycles. The van der Waals surface area contributed by atoms with Crippen LogP contribution in [-0.2, 0) is 6.54 Å². The maximum Gasteiger partial charge on any atom is 0.119 e. The van der Waals surface area contributed by atoms with E-state index in [1.807, 2.05) is 11.8 Å². The Kier molecular flexibility index (Phi) is 8.71. The topological polar surface area (TPSA) is 24.5 Å². The van der Waals surface area contributed by atoms with Gasteiger partial charge in [0, 0.05) is 25.4 Å². The normalized spacial score (nSPS) is 10.9. The highest BCUT2D eigenvalue weighted by Gasteiger charge is 1.99. The first-order valence-corrected chi connectivity index (χ1v) is 8.25. The number of nitrogens with zero attached hydrogens (tertiary/aromatic N) is 1. The first-order valence-electron chi connectivity index (χ1n) is 6.86. The van der Waals surface area contributed by atoms with Crippen molar-refractivity contribution in [3.8, 4) is 5.75 Å². The van der Waals surface area contributed by atoms with Crippen molar-refractivity contribution in [2.75, 3.05) is 45.3 Å². The molecule has 1 rings (SSSR count). The molecule has 1 aromatic rings. The van der Waals surface area contributed by atoms with E-state index < -0.39 is 0 Å². The van der Waals surface area contributed by atoms with Gasteiger partial charge in [-0.25, -0.2) is 0 Å². The van der Waals surface area contributed by atoms with E-state index in [0.29, 0.717) is 0 Å².